The van der Waals surface area contributed by atoms with Crippen LogP contribution in [-0.4, -0.2) is 11.7 Å². The number of nitrogens with one attached hydrogen (secondary N) is 1. The molecule has 5 nitrogen and oxygen atoms in total. The zero-order valence-electron chi connectivity index (χ0n) is 36.7. The summed E-state index contributed by atoms with van der Waals surface area (Å²) in [5, 5.41) is 15.6. The molecule has 1 N–H and O–H groups in total. The van der Waals surface area contributed by atoms with Crippen molar-refractivity contribution in [1.82, 2.24) is 5.32 Å². The highest BCUT2D eigenvalue weighted by Crippen LogP contribution is 2.44. The molecule has 3 heterocycles. The fourth-order valence-corrected chi connectivity index (χ4v) is 10.5. The van der Waals surface area contributed by atoms with E-state index in [1.807, 2.05) is 48.5 Å². The molecule has 0 fully saturated rings. The Labute approximate surface area is 391 Å². The van der Waals surface area contributed by atoms with Crippen LogP contribution >= 0.6 is 0 Å². The molecule has 1 aliphatic rings. The Morgan fingerprint density at radius 3 is 1.65 bits per heavy atom. The second-order valence-electron chi connectivity index (χ2n) is 17.6. The van der Waals surface area contributed by atoms with Crippen molar-refractivity contribution < 1.29 is 8.83 Å². The van der Waals surface area contributed by atoms with Crippen LogP contribution in [0.1, 0.15) is 22.9 Å². The number of furan rings is 2. The molecule has 11 aromatic carbocycles. The number of rotatable bonds is 6. The normalized spacial score (nSPS) is 14.0. The van der Waals surface area contributed by atoms with E-state index in [0.29, 0.717) is 11.7 Å². The second-order valence-corrected chi connectivity index (χ2v) is 17.6. The summed E-state index contributed by atoms with van der Waals surface area (Å²) in [5.41, 5.74) is 13.0. The molecular formula is C63H39N3O2. The third-order valence-electron chi connectivity index (χ3n) is 13.8. The Hall–Kier alpha value is -9.06. The number of para-hydroxylation sites is 3. The van der Waals surface area contributed by atoms with Crippen LogP contribution in [0.5, 0.6) is 0 Å². The van der Waals surface area contributed by atoms with Gasteiger partial charge in [-0.1, -0.05) is 194 Å². The highest BCUT2D eigenvalue weighted by Gasteiger charge is 2.25. The van der Waals surface area contributed by atoms with E-state index in [4.69, 9.17) is 18.8 Å². The van der Waals surface area contributed by atoms with E-state index < -0.39 is 0 Å². The maximum Gasteiger partial charge on any atom is 0.159 e. The Kier molecular flexibility index (Phi) is 8.58. The number of nitrogens with zero attached hydrogens (tertiary/aromatic N) is 2. The van der Waals surface area contributed by atoms with E-state index in [0.717, 1.165) is 82.8 Å². The number of aliphatic imine (C=N–C) groups is 2. The van der Waals surface area contributed by atoms with Crippen molar-refractivity contribution in [2.45, 2.75) is 6.17 Å². The first kappa shape index (κ1) is 38.2. The maximum atomic E-state index is 6.50. The van der Waals surface area contributed by atoms with Crippen LogP contribution in [0.25, 0.3) is 110 Å². The standard InChI is InChI=1S/C63H39N3O2/c1-2-13-41(14-3-1)61-64-62(66-63(65-61)53-22-12-21-51-50-19-8-10-23-55(50)68-60(51)53)42-31-29-40(30-32-42)58-44(35-36-57-59(58)52-20-9-11-24-56(52)67-57)39-27-25-38(26-28-39)43-33-34-49-47-17-5-4-15-45(47)46-16-6-7-18-48(46)54(49)37-43/h1-37,61H,(H,64,65,66). The van der Waals surface area contributed by atoms with Crippen molar-refractivity contribution in [1.29, 1.82) is 0 Å². The fourth-order valence-electron chi connectivity index (χ4n) is 10.5. The molecule has 318 valence electrons. The minimum absolute atomic E-state index is 0.354. The summed E-state index contributed by atoms with van der Waals surface area (Å²) < 4.78 is 13.0. The summed E-state index contributed by atoms with van der Waals surface area (Å²) >= 11 is 0. The zero-order chi connectivity index (χ0) is 44.7. The Morgan fingerprint density at radius 2 is 0.912 bits per heavy atom. The molecule has 1 aliphatic heterocycles. The van der Waals surface area contributed by atoms with Gasteiger partial charge in [-0.3, -0.25) is 0 Å². The van der Waals surface area contributed by atoms with E-state index in [1.165, 1.54) is 43.4 Å². The van der Waals surface area contributed by atoms with Crippen LogP contribution < -0.4 is 5.32 Å². The minimum Gasteiger partial charge on any atom is -0.456 e. The molecule has 2 aromatic heterocycles. The molecule has 13 aromatic rings. The van der Waals surface area contributed by atoms with Gasteiger partial charge >= 0.3 is 0 Å². The summed E-state index contributed by atoms with van der Waals surface area (Å²) in [4.78, 5) is 10.4. The Bertz CT molecular complexity index is 4180. The smallest absolute Gasteiger partial charge is 0.159 e. The van der Waals surface area contributed by atoms with E-state index >= 15 is 0 Å². The fraction of sp³-hybridized carbons (Fsp3) is 0.0159. The van der Waals surface area contributed by atoms with Gasteiger partial charge in [-0.05, 0) is 96.0 Å². The SMILES string of the molecule is c1ccc(C2N=C(c3ccc(-c4c(-c5ccc(-c6ccc7c8ccccc8c8ccccc8c7c6)cc5)ccc5oc6ccccc6c45)cc3)N=C(c3cccc4c3oc3ccccc34)N2)cc1. The highest BCUT2D eigenvalue weighted by atomic mass is 16.3. The molecule has 5 heteroatoms. The van der Waals surface area contributed by atoms with Gasteiger partial charge in [0.2, 0.25) is 0 Å². The van der Waals surface area contributed by atoms with Crippen LogP contribution in [0.4, 0.5) is 0 Å². The van der Waals surface area contributed by atoms with E-state index in [9.17, 15) is 0 Å². The third kappa shape index (κ3) is 6.10. The summed E-state index contributed by atoms with van der Waals surface area (Å²) in [7, 11) is 0. The quantitative estimate of drug-likeness (QED) is 0.169. The van der Waals surface area contributed by atoms with Gasteiger partial charge < -0.3 is 14.2 Å². The first-order valence-corrected chi connectivity index (χ1v) is 23.1. The van der Waals surface area contributed by atoms with Gasteiger partial charge in [0.1, 0.15) is 34.3 Å². The van der Waals surface area contributed by atoms with E-state index in [1.54, 1.807) is 0 Å². The van der Waals surface area contributed by atoms with Gasteiger partial charge in [0.05, 0.1) is 5.56 Å². The predicted octanol–water partition coefficient (Wildman–Crippen LogP) is 16.4. The van der Waals surface area contributed by atoms with Crippen molar-refractivity contribution in [2.24, 2.45) is 9.98 Å². The van der Waals surface area contributed by atoms with Gasteiger partial charge in [-0.25, -0.2) is 9.98 Å². The highest BCUT2D eigenvalue weighted by molar-refractivity contribution is 6.26. The van der Waals surface area contributed by atoms with E-state index in [2.05, 4.69) is 181 Å². The van der Waals surface area contributed by atoms with Crippen LogP contribution in [0.2, 0.25) is 0 Å². The molecule has 0 amide bonds. The lowest BCUT2D eigenvalue weighted by molar-refractivity contribution is 0.659. The van der Waals surface area contributed by atoms with Gasteiger partial charge in [0, 0.05) is 32.7 Å². The molecule has 14 rings (SSSR count). The number of fused-ring (bicyclic) bond motifs is 12. The molecule has 0 bridgehead atoms. The lowest BCUT2D eigenvalue weighted by atomic mass is 9.89. The van der Waals surface area contributed by atoms with Crippen molar-refractivity contribution in [3.05, 3.63) is 241 Å². The summed E-state index contributed by atoms with van der Waals surface area (Å²) in [6, 6.07) is 79.5. The average molecular weight is 870 g/mol. The van der Waals surface area contributed by atoms with Crippen molar-refractivity contribution >= 4 is 87.9 Å². The maximum absolute atomic E-state index is 6.50. The zero-order valence-corrected chi connectivity index (χ0v) is 36.7. The first-order chi connectivity index (χ1) is 33.7. The van der Waals surface area contributed by atoms with Crippen LogP contribution in [0, 0.1) is 0 Å². The van der Waals surface area contributed by atoms with Crippen LogP contribution in [0.15, 0.2) is 243 Å². The van der Waals surface area contributed by atoms with Gasteiger partial charge in [-0.15, -0.1) is 0 Å². The molecule has 0 saturated carbocycles. The molecule has 0 saturated heterocycles. The molecule has 1 unspecified atom stereocenters. The number of benzene rings is 11. The number of amidine groups is 2. The Morgan fingerprint density at radius 1 is 0.353 bits per heavy atom. The molecular weight excluding hydrogens is 831 g/mol. The first-order valence-electron chi connectivity index (χ1n) is 23.1. The van der Waals surface area contributed by atoms with Crippen molar-refractivity contribution in [3.8, 4) is 33.4 Å². The van der Waals surface area contributed by atoms with Gasteiger partial charge in [0.25, 0.3) is 0 Å². The van der Waals surface area contributed by atoms with Crippen LogP contribution in [-0.2, 0) is 0 Å². The monoisotopic (exact) mass is 869 g/mol. The van der Waals surface area contributed by atoms with Gasteiger partial charge in [0.15, 0.2) is 5.84 Å². The molecule has 0 aliphatic carbocycles. The summed E-state index contributed by atoms with van der Waals surface area (Å²) in [6.07, 6.45) is -0.354. The lowest BCUT2D eigenvalue weighted by Gasteiger charge is -2.23. The van der Waals surface area contributed by atoms with E-state index in [-0.39, 0.29) is 6.17 Å². The molecule has 0 radical (unpaired) electrons. The summed E-state index contributed by atoms with van der Waals surface area (Å²) in [5.74, 6) is 1.36. The lowest BCUT2D eigenvalue weighted by Crippen LogP contribution is -2.33. The number of hydrogen-bond acceptors (Lipinski definition) is 5. The largest absolute Gasteiger partial charge is 0.456 e. The topological polar surface area (TPSA) is 63.0 Å². The van der Waals surface area contributed by atoms with Crippen LogP contribution in [0.3, 0.4) is 0 Å². The molecule has 0 spiro atoms. The van der Waals surface area contributed by atoms with Crippen molar-refractivity contribution in [3.63, 3.8) is 0 Å². The Balaban J connectivity index is 0.877. The second kappa shape index (κ2) is 15.3. The third-order valence-corrected chi connectivity index (χ3v) is 13.8. The predicted molar refractivity (Wildman–Crippen MR) is 282 cm³/mol. The number of hydrogen-bond donors (Lipinski definition) is 1. The molecule has 68 heavy (non-hydrogen) atoms. The van der Waals surface area contributed by atoms with Gasteiger partial charge in [-0.2, -0.15) is 0 Å². The van der Waals surface area contributed by atoms with Crippen molar-refractivity contribution in [2.75, 3.05) is 0 Å². The molecule has 1 atom stereocenters. The average Bonchev–Trinajstić information content (AvgIpc) is 4.00. The summed E-state index contributed by atoms with van der Waals surface area (Å²) in [6.45, 7) is 0. The minimum atomic E-state index is -0.354.